The van der Waals surface area contributed by atoms with E-state index in [0.29, 0.717) is 55.6 Å². The van der Waals surface area contributed by atoms with Gasteiger partial charge in [-0.25, -0.2) is 13.2 Å². The van der Waals surface area contributed by atoms with Gasteiger partial charge in [-0.05, 0) is 87.5 Å². The van der Waals surface area contributed by atoms with Gasteiger partial charge in [0, 0.05) is 12.1 Å². The van der Waals surface area contributed by atoms with Crippen molar-refractivity contribution in [3.63, 3.8) is 0 Å². The second kappa shape index (κ2) is 11.0. The lowest BCUT2D eigenvalue weighted by molar-refractivity contribution is -0.224. The molecule has 2 fully saturated rings. The molecular weight excluding hydrogens is 451 g/mol. The maximum Gasteiger partial charge on any atom is 0.400 e. The normalized spacial score (nSPS) is 30.6. The Bertz CT molecular complexity index is 832. The third-order valence-electron chi connectivity index (χ3n) is 8.09. The van der Waals surface area contributed by atoms with Crippen LogP contribution in [0.5, 0.6) is 5.75 Å². The van der Waals surface area contributed by atoms with Crippen molar-refractivity contribution >= 4 is 0 Å². The number of hydrogen-bond acceptors (Lipinski definition) is 2. The van der Waals surface area contributed by atoms with Crippen LogP contribution in [0.1, 0.15) is 77.6 Å². The maximum atomic E-state index is 14.7. The fraction of sp³-hybridized carbons (Fsp3) is 0.704. The minimum atomic E-state index is -3.56. The maximum absolute atomic E-state index is 14.7. The van der Waals surface area contributed by atoms with Crippen LogP contribution in [0.3, 0.4) is 0 Å². The summed E-state index contributed by atoms with van der Waals surface area (Å²) in [6.07, 6.45) is 8.81. The summed E-state index contributed by atoms with van der Waals surface area (Å²) in [6, 6.07) is 0.924. The number of halogens is 5. The molecule has 7 heteroatoms. The lowest BCUT2D eigenvalue weighted by Crippen LogP contribution is -2.38. The highest BCUT2D eigenvalue weighted by atomic mass is 19.3. The van der Waals surface area contributed by atoms with Crippen LogP contribution in [0.15, 0.2) is 23.8 Å². The van der Waals surface area contributed by atoms with Crippen molar-refractivity contribution < 1.29 is 31.4 Å². The lowest BCUT2D eigenvalue weighted by atomic mass is 9.70. The zero-order valence-corrected chi connectivity index (χ0v) is 19.8. The molecule has 2 aliphatic carbocycles. The van der Waals surface area contributed by atoms with Crippen molar-refractivity contribution in [3.05, 3.63) is 41.2 Å². The van der Waals surface area contributed by atoms with Crippen molar-refractivity contribution in [2.24, 2.45) is 23.7 Å². The van der Waals surface area contributed by atoms with E-state index in [4.69, 9.17) is 4.74 Å². The van der Waals surface area contributed by atoms with E-state index in [-0.39, 0.29) is 6.10 Å². The van der Waals surface area contributed by atoms with E-state index < -0.39 is 35.2 Å². The number of ether oxygens (including phenoxy) is 2. The summed E-state index contributed by atoms with van der Waals surface area (Å²) < 4.78 is 79.9. The minimum absolute atomic E-state index is 0.252. The van der Waals surface area contributed by atoms with Gasteiger partial charge < -0.3 is 9.47 Å². The average Bonchev–Trinajstić information content (AvgIpc) is 2.83. The second-order valence-electron chi connectivity index (χ2n) is 10.3. The number of benzene rings is 1. The average molecular weight is 487 g/mol. The van der Waals surface area contributed by atoms with E-state index in [1.54, 1.807) is 0 Å². The smallest absolute Gasteiger partial charge is 0.400 e. The molecule has 1 heterocycles. The number of alkyl halides is 2. The van der Waals surface area contributed by atoms with E-state index in [1.165, 1.54) is 24.8 Å². The van der Waals surface area contributed by atoms with Crippen molar-refractivity contribution in [3.8, 4) is 5.75 Å². The molecule has 1 aromatic carbocycles. The monoisotopic (exact) mass is 486 g/mol. The van der Waals surface area contributed by atoms with Crippen molar-refractivity contribution in [1.29, 1.82) is 0 Å². The van der Waals surface area contributed by atoms with Gasteiger partial charge in [-0.3, -0.25) is 0 Å². The molecule has 0 bridgehead atoms. The molecule has 0 N–H and O–H groups in total. The second-order valence-corrected chi connectivity index (χ2v) is 10.3. The highest BCUT2D eigenvalue weighted by molar-refractivity contribution is 5.25. The standard InChI is InChI=1S/C27H35F5O2/c1-2-3-17-4-13-25(33-16-17)20-7-5-18(6-8-20)19-9-11-21(12-10-19)27(31,32)34-22-14-23(28)26(30)24(29)15-22/h7,14-15,17-19,21,25H,2-6,8-13,16H2,1H3. The predicted octanol–water partition coefficient (Wildman–Crippen LogP) is 8.20. The summed E-state index contributed by atoms with van der Waals surface area (Å²) in [5.41, 5.74) is 1.42. The Morgan fingerprint density at radius 1 is 0.941 bits per heavy atom. The molecule has 1 aliphatic heterocycles. The first-order valence-corrected chi connectivity index (χ1v) is 12.8. The summed E-state index contributed by atoms with van der Waals surface area (Å²) in [6.45, 7) is 3.07. The van der Waals surface area contributed by atoms with Gasteiger partial charge in [0.1, 0.15) is 5.75 Å². The van der Waals surface area contributed by atoms with Gasteiger partial charge in [-0.1, -0.05) is 19.4 Å². The van der Waals surface area contributed by atoms with E-state index in [0.717, 1.165) is 32.3 Å². The van der Waals surface area contributed by atoms with Crippen LogP contribution in [-0.2, 0) is 4.74 Å². The highest BCUT2D eigenvalue weighted by Gasteiger charge is 2.45. The molecule has 1 saturated heterocycles. The zero-order valence-electron chi connectivity index (χ0n) is 19.8. The zero-order chi connectivity index (χ0) is 24.3. The third-order valence-corrected chi connectivity index (χ3v) is 8.09. The summed E-state index contributed by atoms with van der Waals surface area (Å²) in [5.74, 6) is -4.92. The quantitative estimate of drug-likeness (QED) is 0.220. The summed E-state index contributed by atoms with van der Waals surface area (Å²) in [4.78, 5) is 0. The molecule has 3 atom stereocenters. The molecule has 0 spiro atoms. The Kier molecular flexibility index (Phi) is 8.21. The molecule has 1 saturated carbocycles. The van der Waals surface area contributed by atoms with Crippen LogP contribution in [-0.4, -0.2) is 18.8 Å². The first-order valence-electron chi connectivity index (χ1n) is 12.8. The Balaban J connectivity index is 1.25. The van der Waals surface area contributed by atoms with Crippen molar-refractivity contribution in [1.82, 2.24) is 0 Å². The van der Waals surface area contributed by atoms with Crippen LogP contribution in [0.2, 0.25) is 0 Å². The van der Waals surface area contributed by atoms with Crippen LogP contribution in [0.4, 0.5) is 22.0 Å². The summed E-state index contributed by atoms with van der Waals surface area (Å²) in [7, 11) is 0. The van der Waals surface area contributed by atoms with Gasteiger partial charge in [0.15, 0.2) is 17.5 Å². The van der Waals surface area contributed by atoms with Crippen molar-refractivity contribution in [2.75, 3.05) is 6.61 Å². The molecule has 2 nitrogen and oxygen atoms in total. The lowest BCUT2D eigenvalue weighted by Gasteiger charge is -2.38. The van der Waals surface area contributed by atoms with Crippen LogP contribution in [0.25, 0.3) is 0 Å². The van der Waals surface area contributed by atoms with E-state index in [2.05, 4.69) is 17.7 Å². The van der Waals surface area contributed by atoms with Gasteiger partial charge >= 0.3 is 6.11 Å². The first kappa shape index (κ1) is 25.5. The number of rotatable bonds is 7. The van der Waals surface area contributed by atoms with Crippen molar-refractivity contribution in [2.45, 2.75) is 89.8 Å². The summed E-state index contributed by atoms with van der Waals surface area (Å²) in [5, 5.41) is 0. The molecule has 3 aliphatic rings. The third kappa shape index (κ3) is 5.95. The molecule has 190 valence electrons. The Morgan fingerprint density at radius 2 is 1.65 bits per heavy atom. The Hall–Kier alpha value is -1.63. The van der Waals surface area contributed by atoms with Gasteiger partial charge in [-0.15, -0.1) is 0 Å². The molecule has 34 heavy (non-hydrogen) atoms. The topological polar surface area (TPSA) is 18.5 Å². The molecule has 0 radical (unpaired) electrons. The van der Waals surface area contributed by atoms with Crippen LogP contribution in [0, 0.1) is 41.1 Å². The fourth-order valence-electron chi connectivity index (χ4n) is 6.09. The molecule has 3 unspecified atom stereocenters. The van der Waals surface area contributed by atoms with Gasteiger partial charge in [0.2, 0.25) is 0 Å². The van der Waals surface area contributed by atoms with E-state index in [1.807, 2.05) is 0 Å². The molecule has 0 amide bonds. The minimum Gasteiger partial charge on any atom is -0.432 e. The Morgan fingerprint density at radius 3 is 2.21 bits per heavy atom. The molecule has 4 rings (SSSR count). The number of hydrogen-bond donors (Lipinski definition) is 0. The molecular formula is C27H35F5O2. The molecule has 1 aromatic rings. The number of allylic oxidation sites excluding steroid dienone is 1. The van der Waals surface area contributed by atoms with Gasteiger partial charge in [-0.2, -0.15) is 8.78 Å². The van der Waals surface area contributed by atoms with E-state index in [9.17, 15) is 22.0 Å². The predicted molar refractivity (Wildman–Crippen MR) is 120 cm³/mol. The highest BCUT2D eigenvalue weighted by Crippen LogP contribution is 2.45. The first-order chi connectivity index (χ1) is 16.3. The van der Waals surface area contributed by atoms with Gasteiger partial charge in [0.05, 0.1) is 18.6 Å². The largest absolute Gasteiger partial charge is 0.432 e. The van der Waals surface area contributed by atoms with Gasteiger partial charge in [0.25, 0.3) is 0 Å². The van der Waals surface area contributed by atoms with E-state index >= 15 is 0 Å². The van der Waals surface area contributed by atoms with Crippen LogP contribution < -0.4 is 4.74 Å². The SMILES string of the molecule is CCCC1CCC(C2=CCC(C3CCC(C(F)(F)Oc4cc(F)c(F)c(F)c4)CC3)CC2)OC1. The Labute approximate surface area is 198 Å². The summed E-state index contributed by atoms with van der Waals surface area (Å²) >= 11 is 0. The van der Waals surface area contributed by atoms with Crippen LogP contribution >= 0.6 is 0 Å². The fourth-order valence-corrected chi connectivity index (χ4v) is 6.09. The molecule has 0 aromatic heterocycles.